The summed E-state index contributed by atoms with van der Waals surface area (Å²) >= 11 is 1.26. The number of amides is 1. The number of methoxy groups -OCH3 is 2. The van der Waals surface area contributed by atoms with Crippen LogP contribution in [0.5, 0.6) is 0 Å². The number of aryl methyl sites for hydroxylation is 1. The second-order valence-electron chi connectivity index (χ2n) is 10.9. The molecule has 0 saturated carbocycles. The van der Waals surface area contributed by atoms with Gasteiger partial charge in [-0.1, -0.05) is 30.3 Å². The molecule has 0 aliphatic carbocycles. The van der Waals surface area contributed by atoms with Crippen LogP contribution in [0.25, 0.3) is 21.0 Å². The number of carbonyl (C=O) groups excluding carboxylic acids is 3. The second kappa shape index (κ2) is 14.1. The first-order valence-corrected chi connectivity index (χ1v) is 16.8. The van der Waals surface area contributed by atoms with Gasteiger partial charge < -0.3 is 19.7 Å². The number of hydrogen-bond acceptors (Lipinski definition) is 10. The third-order valence-corrected chi connectivity index (χ3v) is 10.0. The lowest BCUT2D eigenvalue weighted by atomic mass is 10.0. The number of hydrogen-bond donors (Lipinski definition) is 2. The van der Waals surface area contributed by atoms with Crippen LogP contribution in [0.2, 0.25) is 0 Å². The first-order valence-electron chi connectivity index (χ1n) is 14.5. The van der Waals surface area contributed by atoms with Gasteiger partial charge in [-0.2, -0.15) is 8.42 Å². The minimum Gasteiger partial charge on any atom is -0.380 e. The Balaban J connectivity index is 0.000000371. The summed E-state index contributed by atoms with van der Waals surface area (Å²) in [7, 11) is -0.698. The van der Waals surface area contributed by atoms with E-state index in [1.165, 1.54) is 30.4 Å². The fourth-order valence-corrected chi connectivity index (χ4v) is 7.22. The van der Waals surface area contributed by atoms with Crippen LogP contribution >= 0.6 is 11.3 Å². The van der Waals surface area contributed by atoms with Crippen LogP contribution in [0.1, 0.15) is 48.4 Å². The quantitative estimate of drug-likeness (QED) is 0.109. The van der Waals surface area contributed by atoms with Crippen molar-refractivity contribution in [1.29, 1.82) is 0 Å². The Hall–Kier alpha value is -4.53. The Morgan fingerprint density at radius 2 is 1.81 bits per heavy atom. The number of nitrogens with zero attached hydrogens (tertiary/aromatic N) is 2. The molecule has 0 unspecified atom stereocenters. The van der Waals surface area contributed by atoms with Gasteiger partial charge in [-0.25, -0.2) is 4.98 Å². The standard InChI is InChI=1S/C28H27N3O5S.C6H6O3S/c1-15-24-17(14-35-3)8-9-20(16(2)33)26(24)37-25(15)28(34)30-27-18(13-32)10-21-22(29-27)6-5-7-23(21)31-11-19(12-31)36-4;7-10(8,9)6-4-2-1-3-5-6/h5-10,13,19H,11-12,14H2,1-4H3,(H,29,30,34);1-5H,(H,7,8,9). The Morgan fingerprint density at radius 3 is 2.40 bits per heavy atom. The van der Waals surface area contributed by atoms with Crippen molar-refractivity contribution >= 4 is 71.9 Å². The number of anilines is 2. The average Bonchev–Trinajstić information content (AvgIpc) is 3.38. The lowest BCUT2D eigenvalue weighted by molar-refractivity contribution is 0.0789. The molecule has 1 aliphatic rings. The minimum atomic E-state index is -4.00. The van der Waals surface area contributed by atoms with Gasteiger partial charge in [-0.05, 0) is 61.4 Å². The number of aldehydes is 1. The SMILES string of the molecule is COCc1ccc(C(C)=O)c2sc(C(=O)Nc3nc4cccc(N5CC(OC)C5)c4cc3C=O)c(C)c12.O=S(=O)(O)c1ccccc1. The zero-order valence-corrected chi connectivity index (χ0v) is 27.8. The molecule has 3 heterocycles. The van der Waals surface area contributed by atoms with Crippen molar-refractivity contribution in [2.24, 2.45) is 0 Å². The molecule has 1 amide bonds. The van der Waals surface area contributed by atoms with Gasteiger partial charge in [0.1, 0.15) is 5.82 Å². The highest BCUT2D eigenvalue weighted by molar-refractivity contribution is 7.85. The van der Waals surface area contributed by atoms with E-state index in [1.54, 1.807) is 44.6 Å². The van der Waals surface area contributed by atoms with Crippen LogP contribution in [0.4, 0.5) is 11.5 Å². The first kappa shape index (κ1) is 33.8. The third kappa shape index (κ3) is 7.09. The van der Waals surface area contributed by atoms with E-state index in [4.69, 9.17) is 14.0 Å². The maximum absolute atomic E-state index is 13.5. The van der Waals surface area contributed by atoms with Crippen molar-refractivity contribution in [3.05, 3.63) is 93.9 Å². The summed E-state index contributed by atoms with van der Waals surface area (Å²) in [5, 5.41) is 4.53. The molecule has 0 radical (unpaired) electrons. The van der Waals surface area contributed by atoms with Crippen molar-refractivity contribution < 1.29 is 36.8 Å². The fourth-order valence-electron chi connectivity index (χ4n) is 5.40. The first-order chi connectivity index (χ1) is 22.5. The predicted octanol–water partition coefficient (Wildman–Crippen LogP) is 5.94. The van der Waals surface area contributed by atoms with Gasteiger partial charge in [0, 0.05) is 54.0 Å². The number of aromatic nitrogens is 1. The molecule has 13 heteroatoms. The van der Waals surface area contributed by atoms with Gasteiger partial charge >= 0.3 is 0 Å². The van der Waals surface area contributed by atoms with Gasteiger partial charge in [0.15, 0.2) is 12.1 Å². The normalized spacial score (nSPS) is 13.2. The van der Waals surface area contributed by atoms with Gasteiger partial charge in [-0.3, -0.25) is 18.9 Å². The van der Waals surface area contributed by atoms with E-state index < -0.39 is 10.1 Å². The van der Waals surface area contributed by atoms with Crippen molar-refractivity contribution in [1.82, 2.24) is 4.98 Å². The van der Waals surface area contributed by atoms with Gasteiger partial charge in [-0.15, -0.1) is 11.3 Å². The van der Waals surface area contributed by atoms with Gasteiger partial charge in [0.2, 0.25) is 0 Å². The molecule has 6 rings (SSSR count). The van der Waals surface area contributed by atoms with Crippen molar-refractivity contribution in [2.45, 2.75) is 31.5 Å². The molecule has 1 fully saturated rings. The van der Waals surface area contributed by atoms with E-state index in [-0.39, 0.29) is 28.5 Å². The summed E-state index contributed by atoms with van der Waals surface area (Å²) in [5.74, 6) is -0.256. The van der Waals surface area contributed by atoms with Crippen LogP contribution in [-0.4, -0.2) is 69.3 Å². The Morgan fingerprint density at radius 1 is 1.09 bits per heavy atom. The van der Waals surface area contributed by atoms with Crippen molar-refractivity contribution in [3.8, 4) is 0 Å². The van der Waals surface area contributed by atoms with E-state index in [0.717, 1.165) is 45.4 Å². The summed E-state index contributed by atoms with van der Waals surface area (Å²) < 4.78 is 40.7. The molecule has 0 spiro atoms. The van der Waals surface area contributed by atoms with Crippen LogP contribution in [0, 0.1) is 6.92 Å². The van der Waals surface area contributed by atoms with Gasteiger partial charge in [0.05, 0.1) is 33.6 Å². The van der Waals surface area contributed by atoms with E-state index in [1.807, 2.05) is 31.2 Å². The van der Waals surface area contributed by atoms with Crippen molar-refractivity contribution in [3.63, 3.8) is 0 Å². The van der Waals surface area contributed by atoms with Crippen LogP contribution < -0.4 is 10.2 Å². The lowest BCUT2D eigenvalue weighted by Crippen LogP contribution is -2.51. The number of Topliss-reactive ketones (excluding diaryl/α,β-unsaturated/α-hetero) is 1. The molecule has 5 aromatic rings. The highest BCUT2D eigenvalue weighted by atomic mass is 32.2. The number of carbonyl (C=O) groups is 3. The molecule has 2 N–H and O–H groups in total. The fraction of sp³-hybridized carbons (Fsp3) is 0.235. The number of fused-ring (bicyclic) bond motifs is 2. The number of thiophene rings is 1. The zero-order valence-electron chi connectivity index (χ0n) is 26.1. The third-order valence-electron chi connectivity index (χ3n) is 7.84. The molecule has 1 saturated heterocycles. The molecular formula is C34H33N3O8S2. The second-order valence-corrected chi connectivity index (χ2v) is 13.4. The smallest absolute Gasteiger partial charge is 0.294 e. The Labute approximate surface area is 275 Å². The molecule has 2 aromatic heterocycles. The molecule has 244 valence electrons. The Bertz CT molecular complexity index is 2090. The van der Waals surface area contributed by atoms with E-state index >= 15 is 0 Å². The van der Waals surface area contributed by atoms with Crippen LogP contribution in [0.3, 0.4) is 0 Å². The molecule has 11 nitrogen and oxygen atoms in total. The largest absolute Gasteiger partial charge is 0.380 e. The minimum absolute atomic E-state index is 0.0727. The van der Waals surface area contributed by atoms with Crippen LogP contribution in [0.15, 0.2) is 71.6 Å². The van der Waals surface area contributed by atoms with E-state index in [2.05, 4.69) is 15.2 Å². The van der Waals surface area contributed by atoms with Crippen molar-refractivity contribution in [2.75, 3.05) is 37.5 Å². The lowest BCUT2D eigenvalue weighted by Gasteiger charge is -2.40. The topological polar surface area (TPSA) is 152 Å². The Kier molecular flexibility index (Phi) is 10.1. The summed E-state index contributed by atoms with van der Waals surface area (Å²) in [5.41, 5.74) is 4.17. The van der Waals surface area contributed by atoms with E-state index in [9.17, 15) is 22.8 Å². The number of ketones is 1. The molecular weight excluding hydrogens is 643 g/mol. The van der Waals surface area contributed by atoms with Crippen LogP contribution in [-0.2, 0) is 26.2 Å². The molecule has 0 atom stereocenters. The van der Waals surface area contributed by atoms with Gasteiger partial charge in [0.25, 0.3) is 16.0 Å². The number of rotatable bonds is 9. The predicted molar refractivity (Wildman–Crippen MR) is 182 cm³/mol. The number of benzene rings is 3. The number of pyridine rings is 1. The highest BCUT2D eigenvalue weighted by Gasteiger charge is 2.28. The number of ether oxygens (including phenoxy) is 2. The maximum Gasteiger partial charge on any atom is 0.294 e. The monoisotopic (exact) mass is 675 g/mol. The maximum atomic E-state index is 13.5. The molecule has 1 aliphatic heterocycles. The van der Waals surface area contributed by atoms with E-state index in [0.29, 0.717) is 34.4 Å². The molecule has 47 heavy (non-hydrogen) atoms. The number of nitrogens with one attached hydrogen (secondary N) is 1. The average molecular weight is 676 g/mol. The summed E-state index contributed by atoms with van der Waals surface area (Å²) in [6.07, 6.45) is 0.889. The summed E-state index contributed by atoms with van der Waals surface area (Å²) in [6.45, 7) is 5.27. The molecule has 3 aromatic carbocycles. The molecule has 0 bridgehead atoms. The zero-order chi connectivity index (χ0) is 33.9. The summed E-state index contributed by atoms with van der Waals surface area (Å²) in [4.78, 5) is 45.0. The highest BCUT2D eigenvalue weighted by Crippen LogP contribution is 2.37. The summed E-state index contributed by atoms with van der Waals surface area (Å²) in [6, 6.07) is 18.6.